The van der Waals surface area contributed by atoms with E-state index in [1.54, 1.807) is 0 Å². The Morgan fingerprint density at radius 2 is 1.92 bits per heavy atom. The van der Waals surface area contributed by atoms with Gasteiger partial charge in [0, 0.05) is 18.4 Å². The molecule has 1 aliphatic rings. The van der Waals surface area contributed by atoms with Crippen LogP contribution in [0.4, 0.5) is 24.5 Å². The summed E-state index contributed by atoms with van der Waals surface area (Å²) in [5, 5.41) is 2.74. The van der Waals surface area contributed by atoms with Gasteiger partial charge in [0.1, 0.15) is 0 Å². The standard InChI is InChI=1S/C20H19F3N2O/c1-3-19(26)24-15-7-10-17-13(12-15)4-11-18(17)25(2)16-8-5-14(6-9-16)20(21,22)23/h3,5-10,12,18H,1,4,11H2,2H3,(H,24,26). The number of alkyl halides is 3. The van der Waals surface area contributed by atoms with Crippen LogP contribution in [0.5, 0.6) is 0 Å². The highest BCUT2D eigenvalue weighted by Gasteiger charge is 2.31. The van der Waals surface area contributed by atoms with Crippen molar-refractivity contribution in [1.82, 2.24) is 0 Å². The highest BCUT2D eigenvalue weighted by atomic mass is 19.4. The van der Waals surface area contributed by atoms with E-state index < -0.39 is 11.7 Å². The van der Waals surface area contributed by atoms with E-state index >= 15 is 0 Å². The van der Waals surface area contributed by atoms with E-state index in [1.165, 1.54) is 18.2 Å². The van der Waals surface area contributed by atoms with Crippen molar-refractivity contribution in [1.29, 1.82) is 0 Å². The Kier molecular flexibility index (Phi) is 4.76. The van der Waals surface area contributed by atoms with Gasteiger partial charge in [-0.1, -0.05) is 12.6 Å². The monoisotopic (exact) mass is 360 g/mol. The second-order valence-electron chi connectivity index (χ2n) is 6.32. The first kappa shape index (κ1) is 18.0. The van der Waals surface area contributed by atoms with Crippen LogP contribution in [0.1, 0.15) is 29.2 Å². The lowest BCUT2D eigenvalue weighted by molar-refractivity contribution is -0.137. The van der Waals surface area contributed by atoms with Crippen molar-refractivity contribution in [3.63, 3.8) is 0 Å². The van der Waals surface area contributed by atoms with Gasteiger partial charge in [0.2, 0.25) is 5.91 Å². The molecule has 0 heterocycles. The SMILES string of the molecule is C=CC(=O)Nc1ccc2c(c1)CCC2N(C)c1ccc(C(F)(F)F)cc1. The number of aryl methyl sites for hydroxylation is 1. The molecule has 0 spiro atoms. The normalized spacial score (nSPS) is 16.1. The Bertz CT molecular complexity index is 828. The van der Waals surface area contributed by atoms with Crippen molar-refractivity contribution in [3.8, 4) is 0 Å². The molecule has 1 aliphatic carbocycles. The molecule has 1 N–H and O–H groups in total. The topological polar surface area (TPSA) is 32.3 Å². The third kappa shape index (κ3) is 3.59. The molecule has 0 aromatic heterocycles. The van der Waals surface area contributed by atoms with Crippen LogP contribution in [0.2, 0.25) is 0 Å². The average molecular weight is 360 g/mol. The summed E-state index contributed by atoms with van der Waals surface area (Å²) in [4.78, 5) is 13.4. The number of anilines is 2. The maximum atomic E-state index is 12.7. The first-order valence-corrected chi connectivity index (χ1v) is 8.26. The van der Waals surface area contributed by atoms with Crippen LogP contribution >= 0.6 is 0 Å². The van der Waals surface area contributed by atoms with Gasteiger partial charge in [-0.15, -0.1) is 0 Å². The van der Waals surface area contributed by atoms with Gasteiger partial charge in [0.15, 0.2) is 0 Å². The molecule has 6 heteroatoms. The quantitative estimate of drug-likeness (QED) is 0.782. The number of hydrogen-bond acceptors (Lipinski definition) is 2. The summed E-state index contributed by atoms with van der Waals surface area (Å²) in [6, 6.07) is 11.0. The Hall–Kier alpha value is -2.76. The predicted molar refractivity (Wildman–Crippen MR) is 96.2 cm³/mol. The molecule has 0 radical (unpaired) electrons. The second kappa shape index (κ2) is 6.86. The zero-order valence-corrected chi connectivity index (χ0v) is 14.3. The summed E-state index contributed by atoms with van der Waals surface area (Å²) < 4.78 is 38.2. The highest BCUT2D eigenvalue weighted by Crippen LogP contribution is 2.39. The summed E-state index contributed by atoms with van der Waals surface area (Å²) in [6.07, 6.45) is -1.40. The Labute approximate surface area is 150 Å². The number of fused-ring (bicyclic) bond motifs is 1. The van der Waals surface area contributed by atoms with E-state index in [0.717, 1.165) is 41.8 Å². The summed E-state index contributed by atoms with van der Waals surface area (Å²) >= 11 is 0. The van der Waals surface area contributed by atoms with E-state index in [2.05, 4.69) is 11.9 Å². The Morgan fingerprint density at radius 1 is 1.23 bits per heavy atom. The molecule has 0 fully saturated rings. The van der Waals surface area contributed by atoms with Gasteiger partial charge in [0.05, 0.1) is 11.6 Å². The van der Waals surface area contributed by atoms with E-state index in [-0.39, 0.29) is 11.9 Å². The number of rotatable bonds is 4. The Morgan fingerprint density at radius 3 is 2.54 bits per heavy atom. The molecule has 0 bridgehead atoms. The lowest BCUT2D eigenvalue weighted by Crippen LogP contribution is -2.22. The molecule has 0 saturated carbocycles. The minimum Gasteiger partial charge on any atom is -0.368 e. The molecule has 136 valence electrons. The molecule has 3 nitrogen and oxygen atoms in total. The third-order valence-corrected chi connectivity index (χ3v) is 4.71. The van der Waals surface area contributed by atoms with E-state index in [9.17, 15) is 18.0 Å². The first-order valence-electron chi connectivity index (χ1n) is 8.26. The first-order chi connectivity index (χ1) is 12.3. The van der Waals surface area contributed by atoms with Crippen LogP contribution in [0.3, 0.4) is 0 Å². The van der Waals surface area contributed by atoms with Gasteiger partial charge in [-0.05, 0) is 66.4 Å². The fraction of sp³-hybridized carbons (Fsp3) is 0.250. The molecule has 1 amide bonds. The predicted octanol–water partition coefficient (Wildman–Crippen LogP) is 4.95. The van der Waals surface area contributed by atoms with Crippen LogP contribution in [-0.2, 0) is 17.4 Å². The third-order valence-electron chi connectivity index (χ3n) is 4.71. The maximum Gasteiger partial charge on any atom is 0.416 e. The van der Waals surface area contributed by atoms with Gasteiger partial charge in [-0.25, -0.2) is 0 Å². The second-order valence-corrected chi connectivity index (χ2v) is 6.32. The number of halogens is 3. The summed E-state index contributed by atoms with van der Waals surface area (Å²) in [7, 11) is 1.88. The average Bonchev–Trinajstić information content (AvgIpc) is 3.03. The van der Waals surface area contributed by atoms with E-state index in [0.29, 0.717) is 5.69 Å². The van der Waals surface area contributed by atoms with Crippen molar-refractivity contribution < 1.29 is 18.0 Å². The fourth-order valence-electron chi connectivity index (χ4n) is 3.33. The lowest BCUT2D eigenvalue weighted by atomic mass is 10.1. The smallest absolute Gasteiger partial charge is 0.368 e. The van der Waals surface area contributed by atoms with E-state index in [1.807, 2.05) is 30.1 Å². The largest absolute Gasteiger partial charge is 0.416 e. The van der Waals surface area contributed by atoms with Crippen LogP contribution in [0.15, 0.2) is 55.1 Å². The number of benzene rings is 2. The van der Waals surface area contributed by atoms with E-state index in [4.69, 9.17) is 0 Å². The number of amides is 1. The number of nitrogens with one attached hydrogen (secondary N) is 1. The van der Waals surface area contributed by atoms with Gasteiger partial charge >= 0.3 is 6.18 Å². The summed E-state index contributed by atoms with van der Waals surface area (Å²) in [5.41, 5.74) is 3.06. The molecule has 0 aliphatic heterocycles. The van der Waals surface area contributed by atoms with Crippen LogP contribution < -0.4 is 10.2 Å². The maximum absolute atomic E-state index is 12.7. The van der Waals surface area contributed by atoms with Crippen LogP contribution in [0, 0.1) is 0 Å². The van der Waals surface area contributed by atoms with Crippen molar-refractivity contribution in [2.24, 2.45) is 0 Å². The van der Waals surface area contributed by atoms with Crippen LogP contribution in [0.25, 0.3) is 0 Å². The molecular formula is C20H19F3N2O. The van der Waals surface area contributed by atoms with Gasteiger partial charge in [-0.3, -0.25) is 4.79 Å². The number of hydrogen-bond donors (Lipinski definition) is 1. The van der Waals surface area contributed by atoms with Crippen molar-refractivity contribution >= 4 is 17.3 Å². The molecule has 0 saturated heterocycles. The lowest BCUT2D eigenvalue weighted by Gasteiger charge is -2.28. The molecule has 1 atom stereocenters. The molecule has 2 aromatic rings. The van der Waals surface area contributed by atoms with Crippen molar-refractivity contribution in [2.45, 2.75) is 25.1 Å². The van der Waals surface area contributed by atoms with Gasteiger partial charge in [-0.2, -0.15) is 13.2 Å². The molecule has 2 aromatic carbocycles. The number of carbonyl (C=O) groups is 1. The van der Waals surface area contributed by atoms with Gasteiger partial charge in [0.25, 0.3) is 0 Å². The van der Waals surface area contributed by atoms with Crippen molar-refractivity contribution in [2.75, 3.05) is 17.3 Å². The summed E-state index contributed by atoms with van der Waals surface area (Å²) in [5.74, 6) is -0.263. The minimum absolute atomic E-state index is 0.0888. The molecule has 1 unspecified atom stereocenters. The van der Waals surface area contributed by atoms with Crippen molar-refractivity contribution in [3.05, 3.63) is 71.8 Å². The number of carbonyl (C=O) groups excluding carboxylic acids is 1. The van der Waals surface area contributed by atoms with Crippen LogP contribution in [-0.4, -0.2) is 13.0 Å². The molecular weight excluding hydrogens is 341 g/mol. The summed E-state index contributed by atoms with van der Waals surface area (Å²) in [6.45, 7) is 3.43. The Balaban J connectivity index is 1.80. The number of nitrogens with zero attached hydrogens (tertiary/aromatic N) is 1. The highest BCUT2D eigenvalue weighted by molar-refractivity contribution is 5.98. The van der Waals surface area contributed by atoms with Gasteiger partial charge < -0.3 is 10.2 Å². The molecule has 3 rings (SSSR count). The molecule has 26 heavy (non-hydrogen) atoms. The zero-order valence-electron chi connectivity index (χ0n) is 14.3. The fourth-order valence-corrected chi connectivity index (χ4v) is 3.33. The minimum atomic E-state index is -4.33. The zero-order chi connectivity index (χ0) is 18.9.